The minimum absolute atomic E-state index is 0. The van der Waals surface area contributed by atoms with Crippen molar-refractivity contribution < 1.29 is 47.8 Å². The van der Waals surface area contributed by atoms with Gasteiger partial charge in [0.25, 0.3) is 23.6 Å². The first-order valence-electron chi connectivity index (χ1n) is 19.3. The van der Waals surface area contributed by atoms with Crippen molar-refractivity contribution in [3.05, 3.63) is 47.5 Å². The Bertz CT molecular complexity index is 1570. The molecule has 16 heteroatoms. The molecule has 1 aromatic carbocycles. The number of Topliss-reactive ketones (excluding diaryl/α,β-unsaturated/α-hetero) is 1. The average Bonchev–Trinajstić information content (AvgIpc) is 3.95. The minimum atomic E-state index is -0.479. The summed E-state index contributed by atoms with van der Waals surface area (Å²) in [6, 6.07) is 7.70. The highest BCUT2D eigenvalue weighted by molar-refractivity contribution is 6.38. The molecule has 7 amide bonds. The van der Waals surface area contributed by atoms with Crippen molar-refractivity contribution in [3.63, 3.8) is 0 Å². The molecule has 2 saturated heterocycles. The monoisotopic (exact) mass is 877 g/mol. The van der Waals surface area contributed by atoms with Gasteiger partial charge >= 0.3 is 0 Å². The molecule has 7 rings (SSSR count). The van der Waals surface area contributed by atoms with Gasteiger partial charge in [0.15, 0.2) is 17.9 Å². The largest absolute Gasteiger partial charge is 0.365 e. The summed E-state index contributed by atoms with van der Waals surface area (Å²) in [5.41, 5.74) is 1.01. The number of ketones is 1. The van der Waals surface area contributed by atoms with Crippen LogP contribution in [0.5, 0.6) is 0 Å². The van der Waals surface area contributed by atoms with Gasteiger partial charge in [0.05, 0.1) is 37.1 Å². The van der Waals surface area contributed by atoms with Crippen LogP contribution in [-0.4, -0.2) is 120 Å². The number of nitrogens with one attached hydrogen (secondary N) is 2. The summed E-state index contributed by atoms with van der Waals surface area (Å²) in [6.45, 7) is 6.55. The van der Waals surface area contributed by atoms with Crippen molar-refractivity contribution in [1.29, 1.82) is 0 Å². The van der Waals surface area contributed by atoms with E-state index in [-0.39, 0.29) is 112 Å². The fraction of sp³-hybridized carbons (Fsp3) is 0.630. The van der Waals surface area contributed by atoms with Crippen LogP contribution < -0.4 is 10.6 Å². The Labute approximate surface area is 372 Å². The first kappa shape index (κ1) is 63.7. The number of rotatable bonds is 5. The lowest BCUT2D eigenvalue weighted by atomic mass is 9.95. The highest BCUT2D eigenvalue weighted by Gasteiger charge is 2.32. The maximum atomic E-state index is 11.7. The van der Waals surface area contributed by atoms with Gasteiger partial charge in [-0.05, 0) is 51.8 Å². The number of likely N-dealkylation sites (tertiary alicyclic amines) is 1. The van der Waals surface area contributed by atoms with E-state index in [0.717, 1.165) is 35.9 Å². The lowest BCUT2D eigenvalue weighted by Gasteiger charge is -2.25. The quantitative estimate of drug-likeness (QED) is 0.173. The van der Waals surface area contributed by atoms with E-state index in [1.807, 2.05) is 6.92 Å². The first-order valence-corrected chi connectivity index (χ1v) is 19.3. The molecule has 2 saturated carbocycles. The second-order valence-corrected chi connectivity index (χ2v) is 13.9. The lowest BCUT2D eigenvalue weighted by Crippen LogP contribution is -2.40. The molecule has 62 heavy (non-hydrogen) atoms. The Balaban J connectivity index is -0.000000343. The molecule has 0 atom stereocenters. The zero-order chi connectivity index (χ0) is 41.2. The number of benzene rings is 1. The summed E-state index contributed by atoms with van der Waals surface area (Å²) in [5, 5.41) is 6.12. The molecule has 4 aliphatic heterocycles. The lowest BCUT2D eigenvalue weighted by molar-refractivity contribution is -0.148. The number of hydrogen-bond donors (Lipinski definition) is 2. The molecule has 0 spiro atoms. The Morgan fingerprint density at radius 2 is 1.15 bits per heavy atom. The molecule has 1 aromatic rings. The number of amidine groups is 1. The normalized spacial score (nSPS) is 18.1. The molecule has 0 aromatic heterocycles. The van der Waals surface area contributed by atoms with Gasteiger partial charge in [0.2, 0.25) is 17.7 Å². The molecule has 0 unspecified atom stereocenters. The molecular formula is C46H80N6O10. The number of carbonyl (C=O) groups is 8. The minimum Gasteiger partial charge on any atom is -0.365 e. The Hall–Kier alpha value is -4.93. The molecule has 6 aliphatic rings. The summed E-state index contributed by atoms with van der Waals surface area (Å²) >= 11 is 0. The van der Waals surface area contributed by atoms with Crippen LogP contribution in [0.1, 0.15) is 163 Å². The zero-order valence-electron chi connectivity index (χ0n) is 33.2. The number of amides is 7. The van der Waals surface area contributed by atoms with E-state index in [1.54, 1.807) is 38.2 Å². The number of carbonyl (C=O) groups excluding carboxylic acids is 8. The maximum Gasteiger partial charge on any atom is 0.261 e. The number of nitrogens with zero attached hydrogens (tertiary/aromatic N) is 4. The van der Waals surface area contributed by atoms with E-state index in [0.29, 0.717) is 33.9 Å². The second-order valence-electron chi connectivity index (χ2n) is 13.9. The molecular weight excluding hydrogens is 797 g/mol. The van der Waals surface area contributed by atoms with E-state index in [1.165, 1.54) is 77.5 Å². The molecule has 4 fully saturated rings. The van der Waals surface area contributed by atoms with Gasteiger partial charge in [-0.25, -0.2) is 4.90 Å². The topological polar surface area (TPSA) is 201 Å². The molecule has 2 N–H and O–H groups in total. The van der Waals surface area contributed by atoms with Gasteiger partial charge in [0.1, 0.15) is 0 Å². The highest BCUT2D eigenvalue weighted by atomic mass is 16.7. The maximum absolute atomic E-state index is 11.7. The van der Waals surface area contributed by atoms with Crippen molar-refractivity contribution in [2.24, 2.45) is 4.99 Å². The smallest absolute Gasteiger partial charge is 0.261 e. The Kier molecular flexibility index (Phi) is 33.6. The number of fused-ring (bicyclic) bond motifs is 1. The summed E-state index contributed by atoms with van der Waals surface area (Å²) < 4.78 is 9.86. The standard InChI is InChI=1S/C15H26N2O.C9H7NO2.C6H8N2O2.C6H7NO3.C4H8O2.6CH4/c1-12(18)15(16-13-8-4-2-5-9-13)17-14-10-6-3-7-11-14;1-10-8(11)6-4-2-3-5-7(6)9(10)12;1-7-4-8-5(9)2-3-6(8)10;1-4(8)7-5(9)2-3-6(7)10;1-4-5-2-3-6-4;;;;;;/h13-14H,2-11H2,1H3,(H,16,17);2-5H,1H3;2-3,7H,4H2,1H3;2-3H2,1H3;4H,2-3H2,1H3;6*1H4. The van der Waals surface area contributed by atoms with E-state index < -0.39 is 5.91 Å². The molecule has 354 valence electrons. The summed E-state index contributed by atoms with van der Waals surface area (Å²) in [6.07, 6.45) is 15.4. The third kappa shape index (κ3) is 19.8. The van der Waals surface area contributed by atoms with Crippen molar-refractivity contribution in [2.45, 2.75) is 161 Å². The third-order valence-electron chi connectivity index (χ3n) is 9.53. The van der Waals surface area contributed by atoms with Crippen molar-refractivity contribution in [1.82, 2.24) is 25.3 Å². The zero-order valence-corrected chi connectivity index (χ0v) is 33.2. The summed E-state index contributed by atoms with van der Waals surface area (Å²) in [5.74, 6) is -1.41. The van der Waals surface area contributed by atoms with Crippen molar-refractivity contribution in [3.8, 4) is 0 Å². The number of aliphatic imine (C=N–C) groups is 1. The van der Waals surface area contributed by atoms with Crippen molar-refractivity contribution >= 4 is 53.0 Å². The van der Waals surface area contributed by atoms with Gasteiger partial charge in [0, 0.05) is 51.9 Å². The fourth-order valence-electron chi connectivity index (χ4n) is 6.52. The van der Waals surface area contributed by atoms with Crippen molar-refractivity contribution in [2.75, 3.05) is 34.0 Å². The van der Waals surface area contributed by atoms with Crippen LogP contribution >= 0.6 is 0 Å². The predicted molar refractivity (Wildman–Crippen MR) is 246 cm³/mol. The summed E-state index contributed by atoms with van der Waals surface area (Å²) in [7, 11) is 3.17. The van der Waals surface area contributed by atoms with Gasteiger partial charge in [-0.3, -0.25) is 53.1 Å². The first-order chi connectivity index (χ1) is 26.7. The molecule has 2 aliphatic carbocycles. The number of imide groups is 5. The Morgan fingerprint density at radius 3 is 1.50 bits per heavy atom. The van der Waals surface area contributed by atoms with Crippen LogP contribution in [-0.2, 0) is 38.2 Å². The van der Waals surface area contributed by atoms with Crippen LogP contribution in [0, 0.1) is 0 Å². The van der Waals surface area contributed by atoms with Crippen LogP contribution in [0.4, 0.5) is 0 Å². The molecule has 4 heterocycles. The number of ether oxygens (including phenoxy) is 2. The molecule has 0 radical (unpaired) electrons. The van der Waals surface area contributed by atoms with Crippen LogP contribution in [0.25, 0.3) is 0 Å². The average molecular weight is 877 g/mol. The van der Waals surface area contributed by atoms with E-state index in [4.69, 9.17) is 9.47 Å². The van der Waals surface area contributed by atoms with E-state index in [9.17, 15) is 38.4 Å². The predicted octanol–water partition coefficient (Wildman–Crippen LogP) is 7.11. The van der Waals surface area contributed by atoms with E-state index >= 15 is 0 Å². The van der Waals surface area contributed by atoms with Gasteiger partial charge in [-0.1, -0.05) is 95.2 Å². The third-order valence-corrected chi connectivity index (χ3v) is 9.53. The van der Waals surface area contributed by atoms with Crippen LogP contribution in [0.3, 0.4) is 0 Å². The van der Waals surface area contributed by atoms with Gasteiger partial charge in [-0.2, -0.15) is 0 Å². The highest BCUT2D eigenvalue weighted by Crippen LogP contribution is 2.22. The molecule has 16 nitrogen and oxygen atoms in total. The second kappa shape index (κ2) is 32.7. The molecule has 0 bridgehead atoms. The van der Waals surface area contributed by atoms with Crippen LogP contribution in [0.2, 0.25) is 0 Å². The Morgan fingerprint density at radius 1 is 0.710 bits per heavy atom. The van der Waals surface area contributed by atoms with E-state index in [2.05, 4.69) is 15.6 Å². The van der Waals surface area contributed by atoms with Gasteiger partial charge in [-0.15, -0.1) is 0 Å². The summed E-state index contributed by atoms with van der Waals surface area (Å²) in [4.78, 5) is 95.4. The fourth-order valence-corrected chi connectivity index (χ4v) is 6.52. The van der Waals surface area contributed by atoms with Gasteiger partial charge < -0.3 is 20.1 Å². The van der Waals surface area contributed by atoms with Crippen LogP contribution in [0.15, 0.2) is 41.4 Å². The SMILES string of the molecule is C.C.C.C.C.C.CC(=O)C(=NC1CCCCC1)NC1CCCCC1.CC(=O)N1C(=O)CCC1=O.CC1OCCO1.CN1C(=O)c2ccccc2C1=O.CNCN1C(=O)C=CC1=O. The number of hydrogen-bond acceptors (Lipinski definition) is 12.